The van der Waals surface area contributed by atoms with E-state index in [1.807, 2.05) is 0 Å². The van der Waals surface area contributed by atoms with Gasteiger partial charge in [-0.05, 0) is 35.4 Å². The Morgan fingerprint density at radius 1 is 0.636 bits per heavy atom. The summed E-state index contributed by atoms with van der Waals surface area (Å²) in [6, 6.07) is 9.67. The summed E-state index contributed by atoms with van der Waals surface area (Å²) in [5, 5.41) is 1.51. The molecule has 2 aromatic rings. The van der Waals surface area contributed by atoms with Gasteiger partial charge in [-0.3, -0.25) is 9.59 Å². The van der Waals surface area contributed by atoms with E-state index in [1.165, 1.54) is 0 Å². The Labute approximate surface area is 147 Å². The topological polar surface area (TPSA) is 34.1 Å². The predicted molar refractivity (Wildman–Crippen MR) is 90.3 cm³/mol. The first-order valence-corrected chi connectivity index (χ1v) is 7.82. The molecule has 2 nitrogen and oxygen atoms in total. The second-order valence-corrected chi connectivity index (χ2v) is 6.33. The summed E-state index contributed by atoms with van der Waals surface area (Å²) in [4.78, 5) is 24.0. The smallest absolute Gasteiger partial charge is 0.203 e. The van der Waals surface area contributed by atoms with E-state index in [9.17, 15) is 9.59 Å². The SMILES string of the molecule is O=C(Cc1ccc(Cl)c(Cl)c1)C(=O)Cc1ccc(Cl)c(Cl)c1. The average molecular weight is 376 g/mol. The largest absolute Gasteiger partial charge is 0.291 e. The van der Waals surface area contributed by atoms with Gasteiger partial charge in [0, 0.05) is 12.8 Å². The van der Waals surface area contributed by atoms with Gasteiger partial charge in [-0.15, -0.1) is 0 Å². The zero-order valence-corrected chi connectivity index (χ0v) is 14.2. The summed E-state index contributed by atoms with van der Waals surface area (Å²) in [7, 11) is 0. The van der Waals surface area contributed by atoms with Crippen LogP contribution in [0.2, 0.25) is 20.1 Å². The maximum Gasteiger partial charge on any atom is 0.203 e. The normalized spacial score (nSPS) is 10.5. The Kier molecular flexibility index (Phi) is 5.87. The molecule has 0 radical (unpaired) electrons. The summed E-state index contributed by atoms with van der Waals surface area (Å²) in [6.45, 7) is 0. The summed E-state index contributed by atoms with van der Waals surface area (Å²) in [5.41, 5.74) is 1.28. The molecular weight excluding hydrogens is 366 g/mol. The van der Waals surface area contributed by atoms with Gasteiger partial charge in [0.05, 0.1) is 20.1 Å². The summed E-state index contributed by atoms with van der Waals surface area (Å²) >= 11 is 23.4. The number of carbonyl (C=O) groups is 2. The minimum absolute atomic E-state index is 0.0168. The molecule has 0 heterocycles. The van der Waals surface area contributed by atoms with Gasteiger partial charge in [-0.2, -0.15) is 0 Å². The van der Waals surface area contributed by atoms with Gasteiger partial charge in [0.25, 0.3) is 0 Å². The third kappa shape index (κ3) is 4.47. The maximum absolute atomic E-state index is 12.0. The van der Waals surface area contributed by atoms with Crippen molar-refractivity contribution in [3.63, 3.8) is 0 Å². The summed E-state index contributed by atoms with van der Waals surface area (Å²) in [6.07, 6.45) is -0.0336. The van der Waals surface area contributed by atoms with Gasteiger partial charge in [0.2, 0.25) is 11.6 Å². The molecule has 0 aliphatic heterocycles. The van der Waals surface area contributed by atoms with E-state index >= 15 is 0 Å². The number of ketones is 2. The summed E-state index contributed by atoms with van der Waals surface area (Å²) < 4.78 is 0. The molecule has 2 rings (SSSR count). The van der Waals surface area contributed by atoms with Crippen molar-refractivity contribution in [1.29, 1.82) is 0 Å². The van der Waals surface area contributed by atoms with Crippen LogP contribution in [0.4, 0.5) is 0 Å². The highest BCUT2D eigenvalue weighted by Crippen LogP contribution is 2.24. The second kappa shape index (κ2) is 7.47. The van der Waals surface area contributed by atoms with Gasteiger partial charge in [-0.25, -0.2) is 0 Å². The first kappa shape index (κ1) is 17.3. The number of Topliss-reactive ketones (excluding diaryl/α,β-unsaturated/α-hetero) is 2. The van der Waals surface area contributed by atoms with Crippen LogP contribution in [0.3, 0.4) is 0 Å². The van der Waals surface area contributed by atoms with E-state index < -0.39 is 11.6 Å². The van der Waals surface area contributed by atoms with Crippen LogP contribution in [-0.2, 0) is 22.4 Å². The van der Waals surface area contributed by atoms with Crippen LogP contribution in [-0.4, -0.2) is 11.6 Å². The van der Waals surface area contributed by atoms with Crippen molar-refractivity contribution in [2.45, 2.75) is 12.8 Å². The number of hydrogen-bond donors (Lipinski definition) is 0. The van der Waals surface area contributed by atoms with Gasteiger partial charge >= 0.3 is 0 Å². The molecule has 0 aromatic heterocycles. The first-order chi connectivity index (χ1) is 10.4. The Morgan fingerprint density at radius 2 is 1.00 bits per heavy atom. The van der Waals surface area contributed by atoms with Crippen molar-refractivity contribution < 1.29 is 9.59 Å². The van der Waals surface area contributed by atoms with Crippen molar-refractivity contribution in [1.82, 2.24) is 0 Å². The molecule has 0 saturated carbocycles. The molecule has 0 N–H and O–H groups in total. The Morgan fingerprint density at radius 3 is 1.32 bits per heavy atom. The van der Waals surface area contributed by atoms with Crippen LogP contribution in [0.25, 0.3) is 0 Å². The molecule has 0 saturated heterocycles. The molecule has 0 unspecified atom stereocenters. The highest BCUT2D eigenvalue weighted by Gasteiger charge is 2.16. The minimum atomic E-state index is -0.496. The molecule has 2 aromatic carbocycles. The van der Waals surface area contributed by atoms with Crippen LogP contribution in [0.1, 0.15) is 11.1 Å². The van der Waals surface area contributed by atoms with E-state index in [0.717, 1.165) is 0 Å². The van der Waals surface area contributed by atoms with Crippen molar-refractivity contribution in [2.24, 2.45) is 0 Å². The lowest BCUT2D eigenvalue weighted by molar-refractivity contribution is -0.135. The maximum atomic E-state index is 12.0. The monoisotopic (exact) mass is 374 g/mol. The number of benzene rings is 2. The molecule has 0 amide bonds. The van der Waals surface area contributed by atoms with E-state index in [4.69, 9.17) is 46.4 Å². The van der Waals surface area contributed by atoms with Gasteiger partial charge in [0.1, 0.15) is 0 Å². The van der Waals surface area contributed by atoms with Gasteiger partial charge in [-0.1, -0.05) is 58.5 Å². The fourth-order valence-corrected chi connectivity index (χ4v) is 2.51. The predicted octanol–water partition coefficient (Wildman–Crippen LogP) is 5.22. The number of hydrogen-bond acceptors (Lipinski definition) is 2. The second-order valence-electron chi connectivity index (χ2n) is 4.70. The lowest BCUT2D eigenvalue weighted by Gasteiger charge is -2.04. The lowest BCUT2D eigenvalue weighted by atomic mass is 10.0. The number of carbonyl (C=O) groups excluding carboxylic acids is 2. The summed E-state index contributed by atoms with van der Waals surface area (Å²) in [5.74, 6) is -0.992. The molecule has 0 aliphatic carbocycles. The molecule has 6 heteroatoms. The van der Waals surface area contributed by atoms with Gasteiger partial charge in [0.15, 0.2) is 0 Å². The molecule has 0 fully saturated rings. The molecule has 22 heavy (non-hydrogen) atoms. The highest BCUT2D eigenvalue weighted by molar-refractivity contribution is 6.43. The minimum Gasteiger partial charge on any atom is -0.291 e. The zero-order valence-electron chi connectivity index (χ0n) is 11.2. The average Bonchev–Trinajstić information content (AvgIpc) is 2.46. The van der Waals surface area contributed by atoms with E-state index in [2.05, 4.69) is 0 Å². The van der Waals surface area contributed by atoms with E-state index in [0.29, 0.717) is 31.2 Å². The molecular formula is C16H10Cl4O2. The lowest BCUT2D eigenvalue weighted by Crippen LogP contribution is -2.18. The zero-order chi connectivity index (χ0) is 16.3. The molecule has 0 bridgehead atoms. The van der Waals surface area contributed by atoms with Crippen LogP contribution < -0.4 is 0 Å². The Balaban J connectivity index is 2.04. The van der Waals surface area contributed by atoms with Crippen molar-refractivity contribution in [3.8, 4) is 0 Å². The molecule has 0 aliphatic rings. The van der Waals surface area contributed by atoms with Crippen LogP contribution in [0.5, 0.6) is 0 Å². The third-order valence-corrected chi connectivity index (χ3v) is 4.49. The molecule has 0 atom stereocenters. The van der Waals surface area contributed by atoms with Crippen molar-refractivity contribution >= 4 is 58.0 Å². The van der Waals surface area contributed by atoms with Gasteiger partial charge < -0.3 is 0 Å². The quantitative estimate of drug-likeness (QED) is 0.671. The van der Waals surface area contributed by atoms with Crippen LogP contribution >= 0.6 is 46.4 Å². The Bertz CT molecular complexity index is 677. The molecule has 0 spiro atoms. The standard InChI is InChI=1S/C16H10Cl4O2/c17-11-3-1-9(5-13(11)19)7-15(21)16(22)8-10-2-4-12(18)14(20)6-10/h1-6H,7-8H2. The van der Waals surface area contributed by atoms with E-state index in [-0.39, 0.29) is 12.8 Å². The van der Waals surface area contributed by atoms with Crippen molar-refractivity contribution in [2.75, 3.05) is 0 Å². The Hall–Kier alpha value is -1.06. The number of halogens is 4. The fraction of sp³-hybridized carbons (Fsp3) is 0.125. The molecule has 114 valence electrons. The van der Waals surface area contributed by atoms with Crippen molar-refractivity contribution in [3.05, 3.63) is 67.6 Å². The first-order valence-electron chi connectivity index (χ1n) is 6.30. The van der Waals surface area contributed by atoms with E-state index in [1.54, 1.807) is 36.4 Å². The third-order valence-electron chi connectivity index (χ3n) is 3.01. The number of rotatable bonds is 5. The highest BCUT2D eigenvalue weighted by atomic mass is 35.5. The fourth-order valence-electron chi connectivity index (χ4n) is 1.87. The van der Waals surface area contributed by atoms with Crippen LogP contribution in [0, 0.1) is 0 Å². The van der Waals surface area contributed by atoms with Crippen LogP contribution in [0.15, 0.2) is 36.4 Å².